The molecular formula is C19H34N3O8P. The van der Waals surface area contributed by atoms with Gasteiger partial charge in [-0.25, -0.2) is 4.79 Å². The largest absolute Gasteiger partial charge is 0.388 e. The van der Waals surface area contributed by atoms with Crippen molar-refractivity contribution in [3.8, 4) is 0 Å². The molecule has 0 bridgehead atoms. The molecule has 0 aliphatic carbocycles. The molecule has 11 nitrogen and oxygen atoms in total. The summed E-state index contributed by atoms with van der Waals surface area (Å²) in [4.78, 5) is 26.3. The summed E-state index contributed by atoms with van der Waals surface area (Å²) in [6, 6.07) is 0. The Hall–Kier alpha value is -1.33. The van der Waals surface area contributed by atoms with Crippen molar-refractivity contribution in [3.05, 3.63) is 22.2 Å². The van der Waals surface area contributed by atoms with Crippen LogP contribution >= 0.6 is 7.60 Å². The van der Waals surface area contributed by atoms with Gasteiger partial charge in [-0.2, -0.15) is 4.98 Å². The molecule has 6 unspecified atom stereocenters. The smallest absolute Gasteiger partial charge is 0.359 e. The van der Waals surface area contributed by atoms with Crippen molar-refractivity contribution in [1.29, 1.82) is 0 Å². The summed E-state index contributed by atoms with van der Waals surface area (Å²) in [7, 11) is -4.46. The number of ether oxygens (including phenoxy) is 1. The zero-order valence-corrected chi connectivity index (χ0v) is 19.5. The molecule has 2 heterocycles. The highest BCUT2D eigenvalue weighted by Crippen LogP contribution is 2.59. The number of nitrogens with zero attached hydrogens (tertiary/aromatic N) is 2. The number of rotatable bonds is 9. The summed E-state index contributed by atoms with van der Waals surface area (Å²) in [5.74, 6) is 0.0527. The lowest BCUT2D eigenvalue weighted by Crippen LogP contribution is -2.41. The normalized spacial score (nSPS) is 28.3. The van der Waals surface area contributed by atoms with Crippen molar-refractivity contribution in [2.45, 2.75) is 95.8 Å². The minimum atomic E-state index is -4.46. The molecule has 1 aromatic heterocycles. The fraction of sp³-hybridized carbons (Fsp3) is 0.789. The number of hydrogen-bond donors (Lipinski definition) is 5. The monoisotopic (exact) mass is 463 g/mol. The van der Waals surface area contributed by atoms with E-state index in [4.69, 9.17) is 15.0 Å². The van der Waals surface area contributed by atoms with E-state index in [1.54, 1.807) is 27.7 Å². The number of aryl methyl sites for hydroxylation is 1. The van der Waals surface area contributed by atoms with Gasteiger partial charge in [0, 0.05) is 18.2 Å². The molecule has 1 saturated heterocycles. The van der Waals surface area contributed by atoms with Gasteiger partial charge in [-0.1, -0.05) is 20.8 Å². The van der Waals surface area contributed by atoms with Crippen LogP contribution in [0.1, 0.15) is 65.2 Å². The maximum atomic E-state index is 12.8. The van der Waals surface area contributed by atoms with Crippen molar-refractivity contribution in [2.24, 2.45) is 0 Å². The van der Waals surface area contributed by atoms with Gasteiger partial charge in [-0.05, 0) is 33.1 Å². The summed E-state index contributed by atoms with van der Waals surface area (Å²) < 4.78 is 25.3. The zero-order valence-electron chi connectivity index (χ0n) is 18.6. The van der Waals surface area contributed by atoms with E-state index in [2.05, 4.69) is 4.98 Å². The molecule has 0 amide bonds. The van der Waals surface area contributed by atoms with Crippen LogP contribution < -0.4 is 11.4 Å². The number of aromatic nitrogens is 2. The van der Waals surface area contributed by atoms with E-state index in [0.29, 0.717) is 5.56 Å². The minimum absolute atomic E-state index is 0.0000339. The molecule has 1 aliphatic rings. The highest BCUT2D eigenvalue weighted by molar-refractivity contribution is 7.54. The molecule has 31 heavy (non-hydrogen) atoms. The van der Waals surface area contributed by atoms with Gasteiger partial charge in [-0.3, -0.25) is 13.7 Å². The summed E-state index contributed by atoms with van der Waals surface area (Å²) in [5.41, 5.74) is 4.17. The van der Waals surface area contributed by atoms with E-state index >= 15 is 0 Å². The van der Waals surface area contributed by atoms with E-state index in [1.807, 2.05) is 0 Å². The Morgan fingerprint density at radius 1 is 1.26 bits per heavy atom. The van der Waals surface area contributed by atoms with Crippen LogP contribution in [0.3, 0.4) is 0 Å². The van der Waals surface area contributed by atoms with Gasteiger partial charge in [0.2, 0.25) is 0 Å². The molecular weight excluding hydrogens is 429 g/mol. The number of nitrogens with two attached hydrogens (primary N) is 1. The lowest BCUT2D eigenvalue weighted by atomic mass is 9.88. The molecule has 0 radical (unpaired) electrons. The third-order valence-electron chi connectivity index (χ3n) is 6.24. The first kappa shape index (κ1) is 25.9. The molecule has 0 aromatic carbocycles. The van der Waals surface area contributed by atoms with Crippen molar-refractivity contribution < 1.29 is 34.0 Å². The second-order valence-electron chi connectivity index (χ2n) is 8.32. The number of aliphatic hydroxyl groups excluding tert-OH is 2. The lowest BCUT2D eigenvalue weighted by Gasteiger charge is -2.39. The topological polar surface area (TPSA) is 177 Å². The maximum absolute atomic E-state index is 12.8. The Bertz CT molecular complexity index is 885. The maximum Gasteiger partial charge on any atom is 0.359 e. The Labute approximate surface area is 181 Å². The lowest BCUT2D eigenvalue weighted by molar-refractivity contribution is -0.0775. The van der Waals surface area contributed by atoms with Crippen molar-refractivity contribution in [1.82, 2.24) is 9.55 Å². The molecule has 1 aromatic rings. The van der Waals surface area contributed by atoms with Gasteiger partial charge in [0.05, 0.1) is 11.7 Å². The van der Waals surface area contributed by atoms with Crippen LogP contribution in [0.15, 0.2) is 11.0 Å². The Balaban J connectivity index is 2.32. The molecule has 0 spiro atoms. The number of anilines is 1. The fourth-order valence-electron chi connectivity index (χ4n) is 3.52. The highest BCUT2D eigenvalue weighted by Gasteiger charge is 2.51. The minimum Gasteiger partial charge on any atom is -0.388 e. The SMILES string of the molecule is CCC(CC)(CC1OC(n2cc(C)c(N)nc2=O)C(O)C1O)OP(=O)(O)C(C)(O)CC. The quantitative estimate of drug-likeness (QED) is 0.332. The van der Waals surface area contributed by atoms with Gasteiger partial charge in [0.15, 0.2) is 11.6 Å². The first-order valence-electron chi connectivity index (χ1n) is 10.4. The summed E-state index contributed by atoms with van der Waals surface area (Å²) >= 11 is 0. The molecule has 178 valence electrons. The second kappa shape index (κ2) is 9.27. The van der Waals surface area contributed by atoms with Crippen LogP contribution in [0.4, 0.5) is 5.82 Å². The Morgan fingerprint density at radius 2 is 1.84 bits per heavy atom. The fourth-order valence-corrected chi connectivity index (χ4v) is 4.98. The second-order valence-corrected chi connectivity index (χ2v) is 10.5. The van der Waals surface area contributed by atoms with E-state index in [0.717, 1.165) is 4.57 Å². The van der Waals surface area contributed by atoms with Crippen LogP contribution in [0.2, 0.25) is 0 Å². The van der Waals surface area contributed by atoms with Crippen molar-refractivity contribution in [2.75, 3.05) is 5.73 Å². The molecule has 12 heteroatoms. The third-order valence-corrected chi connectivity index (χ3v) is 8.41. The van der Waals surface area contributed by atoms with Gasteiger partial charge in [0.25, 0.3) is 0 Å². The van der Waals surface area contributed by atoms with Crippen LogP contribution in [0, 0.1) is 6.92 Å². The predicted molar refractivity (Wildman–Crippen MR) is 113 cm³/mol. The molecule has 6 N–H and O–H groups in total. The summed E-state index contributed by atoms with van der Waals surface area (Å²) in [6.07, 6.45) is -3.15. The molecule has 1 aliphatic heterocycles. The van der Waals surface area contributed by atoms with Crippen LogP contribution in [0.25, 0.3) is 0 Å². The summed E-state index contributed by atoms with van der Waals surface area (Å²) in [5, 5.41) is 29.5. The van der Waals surface area contributed by atoms with Gasteiger partial charge >= 0.3 is 13.3 Å². The average Bonchev–Trinajstić information content (AvgIpc) is 2.97. The molecule has 1 fully saturated rings. The Kier molecular flexibility index (Phi) is 7.75. The van der Waals surface area contributed by atoms with E-state index in [1.165, 1.54) is 13.1 Å². The zero-order chi connectivity index (χ0) is 23.8. The van der Waals surface area contributed by atoms with E-state index in [-0.39, 0.29) is 31.5 Å². The number of aliphatic hydroxyl groups is 3. The van der Waals surface area contributed by atoms with Crippen LogP contribution in [-0.2, 0) is 13.8 Å². The first-order chi connectivity index (χ1) is 14.2. The Morgan fingerprint density at radius 3 is 2.35 bits per heavy atom. The molecule has 0 saturated carbocycles. The van der Waals surface area contributed by atoms with Crippen molar-refractivity contribution in [3.63, 3.8) is 0 Å². The number of nitrogen functional groups attached to an aromatic ring is 1. The predicted octanol–water partition coefficient (Wildman–Crippen LogP) is 1.02. The van der Waals surface area contributed by atoms with E-state index in [9.17, 15) is 29.6 Å². The standard InChI is InChI=1S/C19H34N3O8P/c1-6-18(5,26)31(27,28)30-19(7-2,8-3)9-12-13(23)14(24)16(29-12)22-10-11(4)15(20)21-17(22)25/h10,12-14,16,23-24,26H,6-9H2,1-5H3,(H,27,28)(H2,20,21,25). The van der Waals surface area contributed by atoms with Gasteiger partial charge in [0.1, 0.15) is 18.0 Å². The first-order valence-corrected chi connectivity index (χ1v) is 11.9. The van der Waals surface area contributed by atoms with Gasteiger partial charge < -0.3 is 30.7 Å². The average molecular weight is 463 g/mol. The van der Waals surface area contributed by atoms with Crippen molar-refractivity contribution >= 4 is 13.4 Å². The van der Waals surface area contributed by atoms with Gasteiger partial charge in [-0.15, -0.1) is 0 Å². The number of hydrogen-bond acceptors (Lipinski definition) is 9. The highest BCUT2D eigenvalue weighted by atomic mass is 31.2. The van der Waals surface area contributed by atoms with Crippen LogP contribution in [-0.4, -0.2) is 59.0 Å². The molecule has 6 atom stereocenters. The summed E-state index contributed by atoms with van der Waals surface area (Å²) in [6.45, 7) is 7.93. The van der Waals surface area contributed by atoms with Crippen LogP contribution in [0.5, 0.6) is 0 Å². The molecule has 2 rings (SSSR count). The third kappa shape index (κ3) is 5.03. The van der Waals surface area contributed by atoms with E-state index < -0.39 is 48.8 Å².